The molecule has 2 rings (SSSR count). The van der Waals surface area contributed by atoms with E-state index in [2.05, 4.69) is 37.8 Å². The van der Waals surface area contributed by atoms with Crippen LogP contribution in [-0.2, 0) is 0 Å². The lowest BCUT2D eigenvalue weighted by Gasteiger charge is -2.05. The number of rotatable bonds is 2. The van der Waals surface area contributed by atoms with Gasteiger partial charge in [0.2, 0.25) is 0 Å². The summed E-state index contributed by atoms with van der Waals surface area (Å²) in [6.45, 7) is 8.43. The maximum absolute atomic E-state index is 6.18. The largest absolute Gasteiger partial charge is 0.233 e. The molecular weight excluding hydrogens is 222 g/mol. The smallest absolute Gasteiger partial charge is 0.157 e. The molecule has 4 heteroatoms. The van der Waals surface area contributed by atoms with E-state index in [0.717, 1.165) is 17.0 Å². The topological polar surface area (TPSA) is 30.2 Å². The van der Waals surface area contributed by atoms with Crippen LogP contribution in [0.25, 0.3) is 5.65 Å². The van der Waals surface area contributed by atoms with Gasteiger partial charge in [-0.05, 0) is 17.9 Å². The monoisotopic (exact) mass is 237 g/mol. The van der Waals surface area contributed by atoms with E-state index in [9.17, 15) is 0 Å². The Morgan fingerprint density at radius 3 is 2.25 bits per heavy atom. The Balaban J connectivity index is 2.63. The van der Waals surface area contributed by atoms with Crippen molar-refractivity contribution in [2.75, 3.05) is 0 Å². The van der Waals surface area contributed by atoms with Crippen molar-refractivity contribution in [2.24, 2.45) is 0 Å². The predicted molar refractivity (Wildman–Crippen MR) is 66.2 cm³/mol. The van der Waals surface area contributed by atoms with Gasteiger partial charge in [0.15, 0.2) is 5.65 Å². The summed E-state index contributed by atoms with van der Waals surface area (Å²) in [4.78, 5) is 4.55. The first-order valence-corrected chi connectivity index (χ1v) is 5.93. The molecule has 0 amide bonds. The summed E-state index contributed by atoms with van der Waals surface area (Å²) in [6.07, 6.45) is 0. The zero-order chi connectivity index (χ0) is 11.9. The molecule has 0 N–H and O–H groups in total. The first-order chi connectivity index (χ1) is 7.49. The van der Waals surface area contributed by atoms with Crippen molar-refractivity contribution in [3.63, 3.8) is 0 Å². The van der Waals surface area contributed by atoms with Crippen LogP contribution >= 0.6 is 11.6 Å². The predicted octanol–water partition coefficient (Wildman–Crippen LogP) is 3.63. The number of aromatic nitrogens is 3. The van der Waals surface area contributed by atoms with Crippen molar-refractivity contribution in [1.29, 1.82) is 0 Å². The highest BCUT2D eigenvalue weighted by atomic mass is 35.5. The van der Waals surface area contributed by atoms with Crippen molar-refractivity contribution >= 4 is 17.2 Å². The summed E-state index contributed by atoms with van der Waals surface area (Å²) in [7, 11) is 0. The average molecular weight is 238 g/mol. The van der Waals surface area contributed by atoms with Crippen LogP contribution in [0.1, 0.15) is 50.9 Å². The molecule has 0 aliphatic rings. The number of halogens is 1. The molecule has 86 valence electrons. The maximum atomic E-state index is 6.18. The fourth-order valence-electron chi connectivity index (χ4n) is 1.55. The van der Waals surface area contributed by atoms with E-state index >= 15 is 0 Å². The Morgan fingerprint density at radius 2 is 1.69 bits per heavy atom. The zero-order valence-electron chi connectivity index (χ0n) is 10.0. The summed E-state index contributed by atoms with van der Waals surface area (Å²) < 4.78 is 1.70. The molecule has 0 spiro atoms. The zero-order valence-corrected chi connectivity index (χ0v) is 10.8. The third-order valence-electron chi connectivity index (χ3n) is 2.61. The Labute approximate surface area is 100 Å². The second-order valence-electron chi connectivity index (χ2n) is 4.65. The molecule has 2 heterocycles. The molecule has 2 aromatic rings. The van der Waals surface area contributed by atoms with Crippen LogP contribution < -0.4 is 0 Å². The van der Waals surface area contributed by atoms with Gasteiger partial charge in [0, 0.05) is 11.8 Å². The second-order valence-corrected chi connectivity index (χ2v) is 5.04. The fraction of sp³-hybridized carbons (Fsp3) is 0.500. The molecular formula is C12H16ClN3. The van der Waals surface area contributed by atoms with E-state index < -0.39 is 0 Å². The minimum atomic E-state index is 0.375. The molecule has 0 radical (unpaired) electrons. The molecule has 2 aromatic heterocycles. The minimum Gasteiger partial charge on any atom is -0.233 e. The molecule has 0 bridgehead atoms. The Kier molecular flexibility index (Phi) is 2.89. The van der Waals surface area contributed by atoms with Crippen molar-refractivity contribution in [3.8, 4) is 0 Å². The van der Waals surface area contributed by atoms with Gasteiger partial charge in [-0.25, -0.2) is 9.50 Å². The lowest BCUT2D eigenvalue weighted by atomic mass is 10.1. The van der Waals surface area contributed by atoms with Gasteiger partial charge < -0.3 is 0 Å². The molecule has 0 fully saturated rings. The SMILES string of the molecule is CC(C)c1cc(Cl)n2nc(C(C)C)cc2n1. The standard InChI is InChI=1S/C12H16ClN3/c1-7(2)9-5-11(13)16-12(14-9)6-10(15-16)8(3)4/h5-8H,1-4H3. The van der Waals surface area contributed by atoms with Crippen molar-refractivity contribution in [3.05, 3.63) is 28.7 Å². The number of hydrogen-bond donors (Lipinski definition) is 0. The summed E-state index contributed by atoms with van der Waals surface area (Å²) >= 11 is 6.18. The summed E-state index contributed by atoms with van der Waals surface area (Å²) in [6, 6.07) is 3.89. The summed E-state index contributed by atoms with van der Waals surface area (Å²) in [5.74, 6) is 0.764. The molecule has 0 aliphatic carbocycles. The van der Waals surface area contributed by atoms with Crippen LogP contribution in [0.2, 0.25) is 5.15 Å². The van der Waals surface area contributed by atoms with E-state index in [1.165, 1.54) is 0 Å². The first-order valence-electron chi connectivity index (χ1n) is 5.55. The summed E-state index contributed by atoms with van der Waals surface area (Å²) in [5.41, 5.74) is 2.86. The van der Waals surface area contributed by atoms with E-state index in [4.69, 9.17) is 11.6 Å². The van der Waals surface area contributed by atoms with Crippen LogP contribution in [-0.4, -0.2) is 14.6 Å². The molecule has 0 saturated carbocycles. The highest BCUT2D eigenvalue weighted by Crippen LogP contribution is 2.21. The molecule has 0 aliphatic heterocycles. The van der Waals surface area contributed by atoms with Gasteiger partial charge in [0.25, 0.3) is 0 Å². The van der Waals surface area contributed by atoms with Crippen LogP contribution in [0, 0.1) is 0 Å². The third-order valence-corrected chi connectivity index (χ3v) is 2.87. The van der Waals surface area contributed by atoms with Gasteiger partial charge in [-0.3, -0.25) is 0 Å². The number of fused-ring (bicyclic) bond motifs is 1. The van der Waals surface area contributed by atoms with Crippen molar-refractivity contribution in [1.82, 2.24) is 14.6 Å². The van der Waals surface area contributed by atoms with Gasteiger partial charge in [0.1, 0.15) is 5.15 Å². The first kappa shape index (κ1) is 11.4. The molecule has 0 aromatic carbocycles. The molecule has 0 unspecified atom stereocenters. The van der Waals surface area contributed by atoms with E-state index in [1.807, 2.05) is 12.1 Å². The highest BCUT2D eigenvalue weighted by Gasteiger charge is 2.11. The molecule has 0 atom stereocenters. The quantitative estimate of drug-likeness (QED) is 0.747. The lowest BCUT2D eigenvalue weighted by Crippen LogP contribution is -1.99. The van der Waals surface area contributed by atoms with Crippen LogP contribution in [0.4, 0.5) is 0 Å². The van der Waals surface area contributed by atoms with Gasteiger partial charge in [-0.2, -0.15) is 5.10 Å². The summed E-state index contributed by atoms with van der Waals surface area (Å²) in [5, 5.41) is 5.06. The number of nitrogens with zero attached hydrogens (tertiary/aromatic N) is 3. The third kappa shape index (κ3) is 1.92. The lowest BCUT2D eigenvalue weighted by molar-refractivity contribution is 0.775. The molecule has 16 heavy (non-hydrogen) atoms. The van der Waals surface area contributed by atoms with E-state index in [0.29, 0.717) is 17.0 Å². The van der Waals surface area contributed by atoms with Gasteiger partial charge in [-0.1, -0.05) is 39.3 Å². The average Bonchev–Trinajstić information content (AvgIpc) is 2.61. The van der Waals surface area contributed by atoms with Gasteiger partial charge in [0.05, 0.1) is 5.69 Å². The van der Waals surface area contributed by atoms with Crippen LogP contribution in [0.5, 0.6) is 0 Å². The molecule has 0 saturated heterocycles. The minimum absolute atomic E-state index is 0.375. The van der Waals surface area contributed by atoms with Crippen molar-refractivity contribution < 1.29 is 0 Å². The fourth-order valence-corrected chi connectivity index (χ4v) is 1.79. The normalized spacial score (nSPS) is 11.9. The highest BCUT2D eigenvalue weighted by molar-refractivity contribution is 6.29. The Hall–Kier alpha value is -1.09. The van der Waals surface area contributed by atoms with E-state index in [1.54, 1.807) is 4.52 Å². The Morgan fingerprint density at radius 1 is 1.06 bits per heavy atom. The van der Waals surface area contributed by atoms with E-state index in [-0.39, 0.29) is 0 Å². The van der Waals surface area contributed by atoms with Gasteiger partial charge in [-0.15, -0.1) is 0 Å². The Bertz CT molecular complexity index is 514. The second kappa shape index (κ2) is 4.06. The van der Waals surface area contributed by atoms with Crippen LogP contribution in [0.3, 0.4) is 0 Å². The van der Waals surface area contributed by atoms with Gasteiger partial charge >= 0.3 is 0 Å². The molecule has 3 nitrogen and oxygen atoms in total. The number of hydrogen-bond acceptors (Lipinski definition) is 2. The maximum Gasteiger partial charge on any atom is 0.157 e. The van der Waals surface area contributed by atoms with Crippen LogP contribution in [0.15, 0.2) is 12.1 Å². The van der Waals surface area contributed by atoms with Crippen molar-refractivity contribution in [2.45, 2.75) is 39.5 Å².